The van der Waals surface area contributed by atoms with E-state index >= 15 is 0 Å². The predicted octanol–water partition coefficient (Wildman–Crippen LogP) is 2.52. The van der Waals surface area contributed by atoms with Gasteiger partial charge in [0.2, 0.25) is 0 Å². The molecular weight excluding hydrogens is 250 g/mol. The molecule has 0 spiro atoms. The first-order valence-electron chi connectivity index (χ1n) is 6.82. The number of rotatable bonds is 6. The quantitative estimate of drug-likeness (QED) is 0.847. The molecule has 0 unspecified atom stereocenters. The zero-order valence-corrected chi connectivity index (χ0v) is 12.0. The second-order valence-corrected chi connectivity index (χ2v) is 5.44. The summed E-state index contributed by atoms with van der Waals surface area (Å²) in [7, 11) is 0. The lowest BCUT2D eigenvalue weighted by atomic mass is 9.79. The maximum Gasteiger partial charge on any atom is 0.144 e. The van der Waals surface area contributed by atoms with Gasteiger partial charge in [0.15, 0.2) is 0 Å². The molecule has 2 atom stereocenters. The summed E-state index contributed by atoms with van der Waals surface area (Å²) in [6.07, 6.45) is 5.36. The highest BCUT2D eigenvalue weighted by Gasteiger charge is 2.30. The summed E-state index contributed by atoms with van der Waals surface area (Å²) in [6, 6.07) is 10.2. The van der Waals surface area contributed by atoms with Gasteiger partial charge in [0, 0.05) is 24.4 Å². The van der Waals surface area contributed by atoms with Crippen LogP contribution in [0.1, 0.15) is 19.4 Å². The summed E-state index contributed by atoms with van der Waals surface area (Å²) in [6.45, 7) is 4.55. The smallest absolute Gasteiger partial charge is 0.144 e. The van der Waals surface area contributed by atoms with Gasteiger partial charge in [-0.3, -0.25) is 4.98 Å². The molecule has 2 N–H and O–H groups in total. The lowest BCUT2D eigenvalue weighted by Crippen LogP contribution is -2.39. The van der Waals surface area contributed by atoms with Gasteiger partial charge in [0.25, 0.3) is 0 Å². The van der Waals surface area contributed by atoms with Crippen molar-refractivity contribution in [3.8, 4) is 0 Å². The van der Waals surface area contributed by atoms with Crippen LogP contribution in [0.15, 0.2) is 48.9 Å². The molecule has 4 heteroatoms. The minimum atomic E-state index is -0.424. The molecule has 106 valence electrons. The van der Waals surface area contributed by atoms with E-state index in [1.54, 1.807) is 18.6 Å². The van der Waals surface area contributed by atoms with Crippen molar-refractivity contribution in [2.24, 2.45) is 5.41 Å². The number of benzene rings is 1. The fourth-order valence-electron chi connectivity index (χ4n) is 2.10. The van der Waals surface area contributed by atoms with Crippen molar-refractivity contribution in [2.75, 3.05) is 11.9 Å². The number of aromatic nitrogens is 2. The van der Waals surface area contributed by atoms with Crippen LogP contribution in [0.5, 0.6) is 0 Å². The van der Waals surface area contributed by atoms with Crippen LogP contribution in [0.3, 0.4) is 0 Å². The number of anilines is 1. The summed E-state index contributed by atoms with van der Waals surface area (Å²) in [5.74, 6) is 0.729. The zero-order chi connectivity index (χ0) is 14.4. The lowest BCUT2D eigenvalue weighted by Gasteiger charge is -2.33. The van der Waals surface area contributed by atoms with Crippen LogP contribution in [0.2, 0.25) is 0 Å². The molecule has 0 amide bonds. The first-order valence-corrected chi connectivity index (χ1v) is 6.82. The fourth-order valence-corrected chi connectivity index (χ4v) is 2.10. The highest BCUT2D eigenvalue weighted by Crippen LogP contribution is 2.27. The topological polar surface area (TPSA) is 58.0 Å². The van der Waals surface area contributed by atoms with Crippen molar-refractivity contribution < 1.29 is 5.11 Å². The average Bonchev–Trinajstić information content (AvgIpc) is 2.47. The Bertz CT molecular complexity index is 516. The monoisotopic (exact) mass is 271 g/mol. The van der Waals surface area contributed by atoms with Gasteiger partial charge in [-0.1, -0.05) is 37.3 Å². The number of hydrogen-bond acceptors (Lipinski definition) is 4. The maximum atomic E-state index is 10.1. The molecular formula is C16H21N3O. The summed E-state index contributed by atoms with van der Waals surface area (Å²) < 4.78 is 0. The van der Waals surface area contributed by atoms with Gasteiger partial charge >= 0.3 is 0 Å². The standard InChI is InChI=1S/C16H21N3O/c1-13(20)16(2,10-14-6-4-3-5-7-14)12-19-15-11-17-8-9-18-15/h3-9,11,13,20H,10,12H2,1-2H3,(H,18,19)/t13-,16-/m0/s1. The second-order valence-electron chi connectivity index (χ2n) is 5.44. The third-order valence-corrected chi connectivity index (χ3v) is 3.70. The van der Waals surface area contributed by atoms with Crippen molar-refractivity contribution in [2.45, 2.75) is 26.4 Å². The fraction of sp³-hybridized carbons (Fsp3) is 0.375. The minimum Gasteiger partial charge on any atom is -0.393 e. The Balaban J connectivity index is 2.05. The minimum absolute atomic E-state index is 0.265. The Kier molecular flexibility index (Phi) is 4.69. The Hall–Kier alpha value is -1.94. The van der Waals surface area contributed by atoms with Crippen molar-refractivity contribution >= 4 is 5.82 Å². The van der Waals surface area contributed by atoms with E-state index in [1.165, 1.54) is 5.56 Å². The van der Waals surface area contributed by atoms with Crippen molar-refractivity contribution in [1.82, 2.24) is 9.97 Å². The molecule has 0 saturated carbocycles. The molecule has 0 saturated heterocycles. The van der Waals surface area contributed by atoms with Gasteiger partial charge in [-0.2, -0.15) is 0 Å². The van der Waals surface area contributed by atoms with E-state index in [0.717, 1.165) is 12.2 Å². The molecule has 2 rings (SSSR count). The van der Waals surface area contributed by atoms with Crippen molar-refractivity contribution in [1.29, 1.82) is 0 Å². The second kappa shape index (κ2) is 6.48. The summed E-state index contributed by atoms with van der Waals surface area (Å²) in [5, 5.41) is 13.4. The molecule has 0 aliphatic carbocycles. The molecule has 2 aromatic rings. The molecule has 0 radical (unpaired) electrons. The predicted molar refractivity (Wildman–Crippen MR) is 80.5 cm³/mol. The zero-order valence-electron chi connectivity index (χ0n) is 12.0. The molecule has 0 aliphatic heterocycles. The first-order chi connectivity index (χ1) is 9.60. The molecule has 1 aromatic carbocycles. The number of aliphatic hydroxyl groups excluding tert-OH is 1. The summed E-state index contributed by atoms with van der Waals surface area (Å²) >= 11 is 0. The summed E-state index contributed by atoms with van der Waals surface area (Å²) in [5.41, 5.74) is 0.954. The van der Waals surface area contributed by atoms with Crippen LogP contribution in [0, 0.1) is 5.41 Å². The third-order valence-electron chi connectivity index (χ3n) is 3.70. The van der Waals surface area contributed by atoms with Gasteiger partial charge in [-0.15, -0.1) is 0 Å². The number of nitrogens with zero attached hydrogens (tertiary/aromatic N) is 2. The number of aliphatic hydroxyl groups is 1. The van der Waals surface area contributed by atoms with E-state index in [0.29, 0.717) is 6.54 Å². The molecule has 20 heavy (non-hydrogen) atoms. The van der Waals surface area contributed by atoms with E-state index in [4.69, 9.17) is 0 Å². The molecule has 1 heterocycles. The molecule has 4 nitrogen and oxygen atoms in total. The SMILES string of the molecule is C[C@H](O)[C@](C)(CNc1cnccn1)Cc1ccccc1. The largest absolute Gasteiger partial charge is 0.393 e. The Labute approximate surface area is 119 Å². The van der Waals surface area contributed by atoms with Crippen molar-refractivity contribution in [3.63, 3.8) is 0 Å². The Morgan fingerprint density at radius 3 is 2.60 bits per heavy atom. The molecule has 0 bridgehead atoms. The maximum absolute atomic E-state index is 10.1. The van der Waals surface area contributed by atoms with E-state index in [2.05, 4.69) is 34.3 Å². The first kappa shape index (κ1) is 14.5. The van der Waals surface area contributed by atoms with Crippen molar-refractivity contribution in [3.05, 3.63) is 54.5 Å². The normalized spacial score (nSPS) is 15.3. The van der Waals surface area contributed by atoms with Crippen LogP contribution in [-0.2, 0) is 6.42 Å². The highest BCUT2D eigenvalue weighted by atomic mass is 16.3. The van der Waals surface area contributed by atoms with Gasteiger partial charge in [-0.05, 0) is 18.9 Å². The number of hydrogen-bond donors (Lipinski definition) is 2. The van der Waals surface area contributed by atoms with E-state index in [1.807, 2.05) is 25.1 Å². The molecule has 0 aliphatic rings. The van der Waals surface area contributed by atoms with Gasteiger partial charge in [0.05, 0.1) is 12.3 Å². The van der Waals surface area contributed by atoms with E-state index in [9.17, 15) is 5.11 Å². The summed E-state index contributed by atoms with van der Waals surface area (Å²) in [4.78, 5) is 8.22. The van der Waals surface area contributed by atoms with E-state index in [-0.39, 0.29) is 5.41 Å². The van der Waals surface area contributed by atoms with E-state index < -0.39 is 6.10 Å². The lowest BCUT2D eigenvalue weighted by molar-refractivity contribution is 0.0619. The van der Waals surface area contributed by atoms with Gasteiger partial charge in [-0.25, -0.2) is 4.98 Å². The number of nitrogens with one attached hydrogen (secondary N) is 1. The van der Waals surface area contributed by atoms with Crippen LogP contribution in [0.4, 0.5) is 5.82 Å². The molecule has 1 aromatic heterocycles. The Morgan fingerprint density at radius 2 is 2.00 bits per heavy atom. The average molecular weight is 271 g/mol. The van der Waals surface area contributed by atoms with Crippen LogP contribution >= 0.6 is 0 Å². The van der Waals surface area contributed by atoms with Gasteiger partial charge < -0.3 is 10.4 Å². The van der Waals surface area contributed by atoms with Gasteiger partial charge in [0.1, 0.15) is 5.82 Å². The molecule has 0 fully saturated rings. The Morgan fingerprint density at radius 1 is 1.25 bits per heavy atom. The third kappa shape index (κ3) is 3.78. The van der Waals surface area contributed by atoms with Crippen LogP contribution < -0.4 is 5.32 Å². The van der Waals surface area contributed by atoms with Crippen LogP contribution in [0.25, 0.3) is 0 Å². The van der Waals surface area contributed by atoms with Crippen LogP contribution in [-0.4, -0.2) is 27.7 Å². The highest BCUT2D eigenvalue weighted by molar-refractivity contribution is 5.30.